The summed E-state index contributed by atoms with van der Waals surface area (Å²) in [5.74, 6) is -0.416. The van der Waals surface area contributed by atoms with Gasteiger partial charge in [0, 0.05) is 0 Å². The SMILES string of the molecule is CCCCCOC(=O)c1ccc(OS(=O)(=O)c2ccc(O)cc2)cc1. The first-order valence-electron chi connectivity index (χ1n) is 7.93. The Kier molecular flexibility index (Phi) is 6.41. The molecular weight excluding hydrogens is 344 g/mol. The van der Waals surface area contributed by atoms with Crippen molar-refractivity contribution in [3.8, 4) is 11.5 Å². The number of benzene rings is 2. The minimum atomic E-state index is -4.01. The molecule has 2 rings (SSSR count). The molecule has 134 valence electrons. The van der Waals surface area contributed by atoms with Crippen molar-refractivity contribution in [2.45, 2.75) is 31.1 Å². The molecule has 0 unspecified atom stereocenters. The molecule has 0 aliphatic rings. The average molecular weight is 364 g/mol. The number of carbonyl (C=O) groups excluding carboxylic acids is 1. The zero-order valence-electron chi connectivity index (χ0n) is 13.8. The van der Waals surface area contributed by atoms with Gasteiger partial charge in [0.1, 0.15) is 16.4 Å². The predicted octanol–water partition coefficient (Wildman–Crippen LogP) is 3.51. The Morgan fingerprint density at radius 1 is 1.00 bits per heavy atom. The third kappa shape index (κ3) is 5.49. The largest absolute Gasteiger partial charge is 0.508 e. The summed E-state index contributed by atoms with van der Waals surface area (Å²) in [6.45, 7) is 2.42. The summed E-state index contributed by atoms with van der Waals surface area (Å²) in [4.78, 5) is 11.8. The Bertz CT molecular complexity index is 794. The first-order chi connectivity index (χ1) is 11.9. The van der Waals surface area contributed by atoms with E-state index in [1.54, 1.807) is 0 Å². The Balaban J connectivity index is 2.00. The van der Waals surface area contributed by atoms with Crippen LogP contribution in [-0.4, -0.2) is 26.1 Å². The highest BCUT2D eigenvalue weighted by molar-refractivity contribution is 7.87. The highest BCUT2D eigenvalue weighted by Crippen LogP contribution is 2.21. The lowest BCUT2D eigenvalue weighted by Crippen LogP contribution is -2.10. The number of rotatable bonds is 8. The van der Waals surface area contributed by atoms with E-state index in [0.29, 0.717) is 12.2 Å². The van der Waals surface area contributed by atoms with Crippen LogP contribution in [0.25, 0.3) is 0 Å². The van der Waals surface area contributed by atoms with Crippen LogP contribution < -0.4 is 4.18 Å². The second-order valence-corrected chi connectivity index (χ2v) is 6.95. The number of ether oxygens (including phenoxy) is 1. The van der Waals surface area contributed by atoms with E-state index in [1.807, 2.05) is 0 Å². The predicted molar refractivity (Wildman–Crippen MR) is 92.2 cm³/mol. The van der Waals surface area contributed by atoms with Crippen LogP contribution in [0, 0.1) is 0 Å². The first-order valence-corrected chi connectivity index (χ1v) is 9.34. The summed E-state index contributed by atoms with van der Waals surface area (Å²) in [6, 6.07) is 10.7. The van der Waals surface area contributed by atoms with E-state index in [1.165, 1.54) is 48.5 Å². The molecule has 0 saturated carbocycles. The third-order valence-electron chi connectivity index (χ3n) is 3.40. The van der Waals surface area contributed by atoms with Crippen molar-refractivity contribution in [1.82, 2.24) is 0 Å². The van der Waals surface area contributed by atoms with Gasteiger partial charge in [-0.1, -0.05) is 19.8 Å². The molecule has 0 radical (unpaired) electrons. The second kappa shape index (κ2) is 8.53. The second-order valence-electron chi connectivity index (χ2n) is 5.40. The van der Waals surface area contributed by atoms with Crippen molar-refractivity contribution >= 4 is 16.1 Å². The van der Waals surface area contributed by atoms with Gasteiger partial charge in [0.25, 0.3) is 0 Å². The van der Waals surface area contributed by atoms with E-state index < -0.39 is 16.1 Å². The van der Waals surface area contributed by atoms with Gasteiger partial charge in [0.05, 0.1) is 12.2 Å². The quantitative estimate of drug-likeness (QED) is 0.438. The van der Waals surface area contributed by atoms with Gasteiger partial charge >= 0.3 is 16.1 Å². The molecule has 6 nitrogen and oxygen atoms in total. The van der Waals surface area contributed by atoms with Gasteiger partial charge in [-0.15, -0.1) is 0 Å². The summed E-state index contributed by atoms with van der Waals surface area (Å²) in [6.07, 6.45) is 2.85. The van der Waals surface area contributed by atoms with Gasteiger partial charge in [-0.25, -0.2) is 4.79 Å². The van der Waals surface area contributed by atoms with E-state index in [9.17, 15) is 18.3 Å². The van der Waals surface area contributed by atoms with Crippen LogP contribution in [0.5, 0.6) is 11.5 Å². The minimum Gasteiger partial charge on any atom is -0.508 e. The van der Waals surface area contributed by atoms with E-state index >= 15 is 0 Å². The lowest BCUT2D eigenvalue weighted by molar-refractivity contribution is 0.0498. The minimum absolute atomic E-state index is 0.0410. The maximum absolute atomic E-state index is 12.1. The van der Waals surface area contributed by atoms with Crippen LogP contribution in [0.4, 0.5) is 0 Å². The van der Waals surface area contributed by atoms with Crippen LogP contribution in [0.1, 0.15) is 36.5 Å². The zero-order valence-corrected chi connectivity index (χ0v) is 14.7. The average Bonchev–Trinajstić information content (AvgIpc) is 2.59. The van der Waals surface area contributed by atoms with E-state index in [0.717, 1.165) is 19.3 Å². The number of hydrogen-bond acceptors (Lipinski definition) is 6. The Labute approximate surface area is 147 Å². The molecule has 7 heteroatoms. The van der Waals surface area contributed by atoms with Gasteiger partial charge in [0.15, 0.2) is 0 Å². The normalized spacial score (nSPS) is 11.1. The first kappa shape index (κ1) is 18.8. The molecule has 0 aromatic heterocycles. The highest BCUT2D eigenvalue weighted by Gasteiger charge is 2.17. The molecule has 0 heterocycles. The van der Waals surface area contributed by atoms with Gasteiger partial charge in [-0.2, -0.15) is 8.42 Å². The standard InChI is InChI=1S/C18H20O6S/c1-2-3-4-13-23-18(20)14-5-9-16(10-6-14)24-25(21,22)17-11-7-15(19)8-12-17/h5-12,19H,2-4,13H2,1H3. The van der Waals surface area contributed by atoms with E-state index in [-0.39, 0.29) is 16.4 Å². The van der Waals surface area contributed by atoms with Crippen LogP contribution in [0.3, 0.4) is 0 Å². The zero-order chi connectivity index (χ0) is 18.3. The maximum Gasteiger partial charge on any atom is 0.339 e. The fourth-order valence-corrected chi connectivity index (χ4v) is 2.96. The summed E-state index contributed by atoms with van der Waals surface area (Å²) < 4.78 is 34.4. The van der Waals surface area contributed by atoms with Crippen molar-refractivity contribution in [3.63, 3.8) is 0 Å². The number of hydrogen-bond donors (Lipinski definition) is 1. The van der Waals surface area contributed by atoms with E-state index in [4.69, 9.17) is 8.92 Å². The molecule has 0 fully saturated rings. The number of unbranched alkanes of at least 4 members (excludes halogenated alkanes) is 2. The van der Waals surface area contributed by atoms with Crippen LogP contribution in [-0.2, 0) is 14.9 Å². The molecule has 2 aromatic rings. The Morgan fingerprint density at radius 2 is 1.64 bits per heavy atom. The highest BCUT2D eigenvalue weighted by atomic mass is 32.2. The fraction of sp³-hybridized carbons (Fsp3) is 0.278. The summed E-state index contributed by atoms with van der Waals surface area (Å²) in [7, 11) is -4.01. The molecule has 1 N–H and O–H groups in total. The molecule has 0 aliphatic carbocycles. The van der Waals surface area contributed by atoms with Gasteiger partial charge < -0.3 is 14.0 Å². The summed E-state index contributed by atoms with van der Waals surface area (Å²) >= 11 is 0. The lowest BCUT2D eigenvalue weighted by Gasteiger charge is -2.08. The van der Waals surface area contributed by atoms with Crippen LogP contribution in [0.2, 0.25) is 0 Å². The fourth-order valence-electron chi connectivity index (χ4n) is 2.03. The molecule has 25 heavy (non-hydrogen) atoms. The molecule has 2 aromatic carbocycles. The lowest BCUT2D eigenvalue weighted by atomic mass is 10.2. The number of aromatic hydroxyl groups is 1. The van der Waals surface area contributed by atoms with Crippen molar-refractivity contribution < 1.29 is 27.2 Å². The van der Waals surface area contributed by atoms with Crippen molar-refractivity contribution in [2.75, 3.05) is 6.61 Å². The van der Waals surface area contributed by atoms with Gasteiger partial charge in [-0.3, -0.25) is 0 Å². The van der Waals surface area contributed by atoms with Crippen LogP contribution >= 0.6 is 0 Å². The molecule has 0 spiro atoms. The van der Waals surface area contributed by atoms with Crippen LogP contribution in [0.15, 0.2) is 53.4 Å². The molecule has 0 amide bonds. The Morgan fingerprint density at radius 3 is 2.24 bits per heavy atom. The third-order valence-corrected chi connectivity index (χ3v) is 4.66. The number of esters is 1. The van der Waals surface area contributed by atoms with E-state index in [2.05, 4.69) is 6.92 Å². The molecule has 0 saturated heterocycles. The number of phenols is 1. The van der Waals surface area contributed by atoms with Gasteiger partial charge in [0.2, 0.25) is 0 Å². The van der Waals surface area contributed by atoms with Crippen molar-refractivity contribution in [1.29, 1.82) is 0 Å². The van der Waals surface area contributed by atoms with Crippen molar-refractivity contribution in [3.05, 3.63) is 54.1 Å². The summed E-state index contributed by atoms with van der Waals surface area (Å²) in [5.41, 5.74) is 0.325. The monoisotopic (exact) mass is 364 g/mol. The molecule has 0 aliphatic heterocycles. The summed E-state index contributed by atoms with van der Waals surface area (Å²) in [5, 5.41) is 9.21. The number of phenolic OH excluding ortho intramolecular Hbond substituents is 1. The van der Waals surface area contributed by atoms with Crippen molar-refractivity contribution in [2.24, 2.45) is 0 Å². The molecule has 0 bridgehead atoms. The molecule has 0 atom stereocenters. The maximum atomic E-state index is 12.1. The smallest absolute Gasteiger partial charge is 0.339 e. The topological polar surface area (TPSA) is 89.9 Å². The Hall–Kier alpha value is -2.54. The number of carbonyl (C=O) groups is 1. The molecular formula is C18H20O6S. The van der Waals surface area contributed by atoms with Gasteiger partial charge in [-0.05, 0) is 55.0 Å².